The molecule has 1 unspecified atom stereocenters. The van der Waals surface area contributed by atoms with E-state index in [1.807, 2.05) is 20.8 Å². The second-order valence-corrected chi connectivity index (χ2v) is 11.5. The van der Waals surface area contributed by atoms with Crippen molar-refractivity contribution >= 4 is 21.8 Å². The van der Waals surface area contributed by atoms with Crippen molar-refractivity contribution in [2.75, 3.05) is 13.1 Å². The quantitative estimate of drug-likeness (QED) is 0.548. The normalized spacial score (nSPS) is 16.1. The van der Waals surface area contributed by atoms with Gasteiger partial charge in [0.2, 0.25) is 21.8 Å². The van der Waals surface area contributed by atoms with E-state index >= 15 is 0 Å². The van der Waals surface area contributed by atoms with Gasteiger partial charge in [-0.3, -0.25) is 9.59 Å². The Morgan fingerprint density at radius 2 is 1.63 bits per heavy atom. The topological polar surface area (TPSA) is 95.6 Å². The fourth-order valence-electron chi connectivity index (χ4n) is 4.21. The van der Waals surface area contributed by atoms with Crippen LogP contribution in [-0.4, -0.2) is 43.7 Å². The van der Waals surface area contributed by atoms with E-state index in [-0.39, 0.29) is 54.0 Å². The highest BCUT2D eigenvalue weighted by atomic mass is 32.2. The zero-order chi connectivity index (χ0) is 25.6. The number of rotatable bonds is 9. The standard InChI is InChI=1S/C26H34FN3O4S/c1-18(2)16-24(31)29-25(26(32)28-17-20-6-8-22(27)9-7-20)21-12-14-30(15-13-21)35(33,34)23-10-4-19(3)5-11-23/h4-11,18,21,25H,12-17H2,1-3H3,(H,28,32)(H,29,31). The van der Waals surface area contributed by atoms with E-state index in [1.165, 1.54) is 16.4 Å². The van der Waals surface area contributed by atoms with Crippen molar-refractivity contribution in [3.63, 3.8) is 0 Å². The molecule has 2 amide bonds. The lowest BCUT2D eigenvalue weighted by atomic mass is 9.89. The smallest absolute Gasteiger partial charge is 0.243 e. The highest BCUT2D eigenvalue weighted by molar-refractivity contribution is 7.89. The summed E-state index contributed by atoms with van der Waals surface area (Å²) in [6.45, 7) is 6.49. The van der Waals surface area contributed by atoms with Gasteiger partial charge in [0.1, 0.15) is 11.9 Å². The van der Waals surface area contributed by atoms with Gasteiger partial charge in [-0.25, -0.2) is 12.8 Å². The predicted octanol–water partition coefficient (Wildman–Crippen LogP) is 3.38. The average molecular weight is 504 g/mol. The zero-order valence-electron chi connectivity index (χ0n) is 20.5. The summed E-state index contributed by atoms with van der Waals surface area (Å²) in [5.41, 5.74) is 1.72. The van der Waals surface area contributed by atoms with Crippen LogP contribution in [0.2, 0.25) is 0 Å². The first kappa shape index (κ1) is 26.8. The number of benzene rings is 2. The summed E-state index contributed by atoms with van der Waals surface area (Å²) in [7, 11) is -3.62. The lowest BCUT2D eigenvalue weighted by Gasteiger charge is -2.35. The van der Waals surface area contributed by atoms with Crippen molar-refractivity contribution < 1.29 is 22.4 Å². The third-order valence-electron chi connectivity index (χ3n) is 6.20. The molecule has 1 saturated heterocycles. The largest absolute Gasteiger partial charge is 0.350 e. The summed E-state index contributed by atoms with van der Waals surface area (Å²) >= 11 is 0. The summed E-state index contributed by atoms with van der Waals surface area (Å²) in [5, 5.41) is 5.71. The van der Waals surface area contributed by atoms with Gasteiger partial charge in [0.15, 0.2) is 0 Å². The molecule has 0 aromatic heterocycles. The van der Waals surface area contributed by atoms with Crippen LogP contribution in [0.3, 0.4) is 0 Å². The molecule has 0 bridgehead atoms. The molecule has 1 heterocycles. The molecule has 190 valence electrons. The van der Waals surface area contributed by atoms with Gasteiger partial charge < -0.3 is 10.6 Å². The van der Waals surface area contributed by atoms with E-state index in [1.54, 1.807) is 36.4 Å². The number of hydrogen-bond donors (Lipinski definition) is 2. The van der Waals surface area contributed by atoms with Crippen molar-refractivity contribution in [2.45, 2.75) is 57.5 Å². The highest BCUT2D eigenvalue weighted by Gasteiger charge is 2.36. The van der Waals surface area contributed by atoms with E-state index in [9.17, 15) is 22.4 Å². The average Bonchev–Trinajstić information content (AvgIpc) is 2.82. The van der Waals surface area contributed by atoms with Gasteiger partial charge in [-0.05, 0) is 61.4 Å². The Labute approximate surface area is 207 Å². The minimum absolute atomic E-state index is 0.138. The lowest BCUT2D eigenvalue weighted by Crippen LogP contribution is -2.53. The van der Waals surface area contributed by atoms with Crippen LogP contribution in [0.15, 0.2) is 53.4 Å². The number of carbonyl (C=O) groups is 2. The van der Waals surface area contributed by atoms with Gasteiger partial charge in [-0.2, -0.15) is 4.31 Å². The predicted molar refractivity (Wildman–Crippen MR) is 132 cm³/mol. The summed E-state index contributed by atoms with van der Waals surface area (Å²) in [5.74, 6) is -0.961. The lowest BCUT2D eigenvalue weighted by molar-refractivity contribution is -0.131. The van der Waals surface area contributed by atoms with Gasteiger partial charge in [0, 0.05) is 26.1 Å². The highest BCUT2D eigenvalue weighted by Crippen LogP contribution is 2.26. The molecule has 0 radical (unpaired) electrons. The number of hydrogen-bond acceptors (Lipinski definition) is 4. The molecule has 7 nitrogen and oxygen atoms in total. The number of halogens is 1. The van der Waals surface area contributed by atoms with Crippen molar-refractivity contribution in [2.24, 2.45) is 11.8 Å². The Bertz CT molecular complexity index is 1110. The van der Waals surface area contributed by atoms with Gasteiger partial charge in [-0.15, -0.1) is 0 Å². The molecule has 2 aromatic carbocycles. The van der Waals surface area contributed by atoms with Crippen molar-refractivity contribution in [1.29, 1.82) is 0 Å². The van der Waals surface area contributed by atoms with Crippen LogP contribution in [0.25, 0.3) is 0 Å². The van der Waals surface area contributed by atoms with E-state index in [0.29, 0.717) is 19.3 Å². The number of carbonyl (C=O) groups excluding carboxylic acids is 2. The minimum atomic E-state index is -3.62. The van der Waals surface area contributed by atoms with E-state index < -0.39 is 16.1 Å². The summed E-state index contributed by atoms with van der Waals surface area (Å²) in [4.78, 5) is 25.9. The van der Waals surface area contributed by atoms with Crippen LogP contribution < -0.4 is 10.6 Å². The molecule has 9 heteroatoms. The Morgan fingerprint density at radius 1 is 1.03 bits per heavy atom. The number of sulfonamides is 1. The fraction of sp³-hybridized carbons (Fsp3) is 0.462. The molecule has 3 rings (SSSR count). The molecule has 35 heavy (non-hydrogen) atoms. The van der Waals surface area contributed by atoms with Gasteiger partial charge in [-0.1, -0.05) is 43.7 Å². The minimum Gasteiger partial charge on any atom is -0.350 e. The zero-order valence-corrected chi connectivity index (χ0v) is 21.3. The van der Waals surface area contributed by atoms with Crippen LogP contribution in [0, 0.1) is 24.6 Å². The second kappa shape index (κ2) is 11.8. The number of nitrogens with one attached hydrogen (secondary N) is 2. The molecule has 1 aliphatic heterocycles. The molecule has 1 atom stereocenters. The van der Waals surface area contributed by atoms with Gasteiger partial charge in [0.25, 0.3) is 0 Å². The van der Waals surface area contributed by atoms with Crippen LogP contribution in [-0.2, 0) is 26.2 Å². The monoisotopic (exact) mass is 503 g/mol. The number of amides is 2. The SMILES string of the molecule is Cc1ccc(S(=O)(=O)N2CCC(C(NC(=O)CC(C)C)C(=O)NCc3ccc(F)cc3)CC2)cc1. The van der Waals surface area contributed by atoms with Gasteiger partial charge in [0.05, 0.1) is 4.90 Å². The Balaban J connectivity index is 1.68. The summed E-state index contributed by atoms with van der Waals surface area (Å²) in [6, 6.07) is 11.8. The Kier molecular flexibility index (Phi) is 9.02. The number of nitrogens with zero attached hydrogens (tertiary/aromatic N) is 1. The second-order valence-electron chi connectivity index (χ2n) is 9.54. The first-order valence-corrected chi connectivity index (χ1v) is 13.4. The first-order chi connectivity index (χ1) is 16.6. The Hall–Kier alpha value is -2.78. The summed E-state index contributed by atoms with van der Waals surface area (Å²) in [6.07, 6.45) is 1.19. The molecule has 0 spiro atoms. The van der Waals surface area contributed by atoms with Gasteiger partial charge >= 0.3 is 0 Å². The molecule has 0 saturated carbocycles. The number of piperidine rings is 1. The summed E-state index contributed by atoms with van der Waals surface area (Å²) < 4.78 is 40.7. The third-order valence-corrected chi connectivity index (χ3v) is 8.11. The third kappa shape index (κ3) is 7.35. The van der Waals surface area contributed by atoms with E-state index in [0.717, 1.165) is 11.1 Å². The molecule has 2 aromatic rings. The Morgan fingerprint density at radius 3 is 2.20 bits per heavy atom. The molecule has 1 fully saturated rings. The first-order valence-electron chi connectivity index (χ1n) is 11.9. The fourth-order valence-corrected chi connectivity index (χ4v) is 5.68. The molecule has 2 N–H and O–H groups in total. The van der Waals surface area contributed by atoms with Crippen molar-refractivity contribution in [1.82, 2.24) is 14.9 Å². The van der Waals surface area contributed by atoms with Crippen molar-refractivity contribution in [3.8, 4) is 0 Å². The van der Waals surface area contributed by atoms with E-state index in [2.05, 4.69) is 10.6 Å². The van der Waals surface area contributed by atoms with Crippen molar-refractivity contribution in [3.05, 3.63) is 65.5 Å². The van der Waals surface area contributed by atoms with E-state index in [4.69, 9.17) is 0 Å². The van der Waals surface area contributed by atoms with Crippen LogP contribution in [0.5, 0.6) is 0 Å². The maximum Gasteiger partial charge on any atom is 0.243 e. The molecule has 0 aliphatic carbocycles. The number of aryl methyl sites for hydroxylation is 1. The van der Waals surface area contributed by atoms with Crippen LogP contribution >= 0.6 is 0 Å². The molecular weight excluding hydrogens is 469 g/mol. The maximum absolute atomic E-state index is 13.2. The maximum atomic E-state index is 13.2. The van der Waals surface area contributed by atoms with Crippen LogP contribution in [0.1, 0.15) is 44.2 Å². The molecule has 1 aliphatic rings. The molecular formula is C26H34FN3O4S. The van der Waals surface area contributed by atoms with Crippen LogP contribution in [0.4, 0.5) is 4.39 Å².